The van der Waals surface area contributed by atoms with Gasteiger partial charge in [-0.2, -0.15) is 5.10 Å². The molecule has 1 N–H and O–H groups in total. The zero-order valence-corrected chi connectivity index (χ0v) is 11.0. The molecule has 0 bridgehead atoms. The highest BCUT2D eigenvalue weighted by atomic mass is 35.5. The summed E-state index contributed by atoms with van der Waals surface area (Å²) in [6.07, 6.45) is 5.74. The van der Waals surface area contributed by atoms with Gasteiger partial charge in [-0.05, 0) is 32.9 Å². The molecule has 1 fully saturated rings. The fraction of sp³-hybridized carbons (Fsp3) is 0.667. The Kier molecular flexibility index (Phi) is 4.57. The highest BCUT2D eigenvalue weighted by molar-refractivity contribution is 6.29. The normalized spacial score (nSPS) is 18.9. The summed E-state index contributed by atoms with van der Waals surface area (Å²) < 4.78 is 0. The quantitative estimate of drug-likeness (QED) is 0.896. The number of hydrogen-bond donors (Lipinski definition) is 1. The molecule has 0 aliphatic carbocycles. The Labute approximate surface area is 107 Å². The molecule has 1 atom stereocenters. The molecule has 1 saturated heterocycles. The minimum atomic E-state index is 0.397. The van der Waals surface area contributed by atoms with E-state index in [2.05, 4.69) is 27.3 Å². The van der Waals surface area contributed by atoms with Crippen LogP contribution in [0.3, 0.4) is 0 Å². The van der Waals surface area contributed by atoms with Crippen molar-refractivity contribution in [3.63, 3.8) is 0 Å². The van der Waals surface area contributed by atoms with Gasteiger partial charge in [-0.1, -0.05) is 18.0 Å². The van der Waals surface area contributed by atoms with Crippen LogP contribution in [-0.2, 0) is 0 Å². The molecule has 0 spiro atoms. The number of nitrogens with one attached hydrogen (secondary N) is 1. The second-order valence-corrected chi connectivity index (χ2v) is 5.06. The number of rotatable bonds is 4. The molecular weight excluding hydrogens is 236 g/mol. The fourth-order valence-electron chi connectivity index (χ4n) is 2.28. The third-order valence-electron chi connectivity index (χ3n) is 3.02. The van der Waals surface area contributed by atoms with Gasteiger partial charge in [0.05, 0.1) is 11.9 Å². The average Bonchev–Trinajstić information content (AvgIpc) is 2.30. The Morgan fingerprint density at radius 3 is 2.88 bits per heavy atom. The van der Waals surface area contributed by atoms with Crippen molar-refractivity contribution in [3.05, 3.63) is 17.4 Å². The highest BCUT2D eigenvalue weighted by Crippen LogP contribution is 2.13. The summed E-state index contributed by atoms with van der Waals surface area (Å²) in [5.41, 5.74) is 0.939. The molecule has 0 aromatic carbocycles. The third kappa shape index (κ3) is 4.13. The van der Waals surface area contributed by atoms with Crippen LogP contribution in [0, 0.1) is 0 Å². The molecule has 94 valence electrons. The topological polar surface area (TPSA) is 41.0 Å². The molecule has 2 heterocycles. The van der Waals surface area contributed by atoms with Crippen molar-refractivity contribution in [1.29, 1.82) is 0 Å². The van der Waals surface area contributed by atoms with Gasteiger partial charge in [0, 0.05) is 18.7 Å². The van der Waals surface area contributed by atoms with Gasteiger partial charge in [0.25, 0.3) is 0 Å². The van der Waals surface area contributed by atoms with Crippen LogP contribution in [0.2, 0.25) is 5.15 Å². The van der Waals surface area contributed by atoms with E-state index in [-0.39, 0.29) is 0 Å². The zero-order valence-electron chi connectivity index (χ0n) is 10.2. The Morgan fingerprint density at radius 2 is 2.18 bits per heavy atom. The molecule has 0 amide bonds. The van der Waals surface area contributed by atoms with E-state index < -0.39 is 0 Å². The first-order valence-electron chi connectivity index (χ1n) is 6.21. The second kappa shape index (κ2) is 6.17. The molecule has 17 heavy (non-hydrogen) atoms. The first-order valence-corrected chi connectivity index (χ1v) is 6.59. The van der Waals surface area contributed by atoms with Crippen LogP contribution < -0.4 is 5.32 Å². The summed E-state index contributed by atoms with van der Waals surface area (Å²) in [4.78, 5) is 2.51. The van der Waals surface area contributed by atoms with Crippen molar-refractivity contribution >= 4 is 17.3 Å². The Hall–Kier alpha value is -0.870. The van der Waals surface area contributed by atoms with Gasteiger partial charge in [-0.15, -0.1) is 5.10 Å². The number of likely N-dealkylation sites (tertiary alicyclic amines) is 1. The molecule has 1 aliphatic rings. The predicted octanol–water partition coefficient (Wildman–Crippen LogP) is 2.42. The molecule has 1 aromatic rings. The van der Waals surface area contributed by atoms with Crippen molar-refractivity contribution in [1.82, 2.24) is 15.1 Å². The lowest BCUT2D eigenvalue weighted by atomic mass is 10.1. The first-order chi connectivity index (χ1) is 8.24. The summed E-state index contributed by atoms with van der Waals surface area (Å²) in [5.74, 6) is 0. The van der Waals surface area contributed by atoms with E-state index in [1.165, 1.54) is 32.4 Å². The number of hydrogen-bond acceptors (Lipinski definition) is 4. The van der Waals surface area contributed by atoms with E-state index >= 15 is 0 Å². The van der Waals surface area contributed by atoms with Crippen LogP contribution in [0.15, 0.2) is 12.3 Å². The SMILES string of the molecule is CC(CN1CCCCC1)Nc1cnnc(Cl)c1. The zero-order chi connectivity index (χ0) is 12.1. The molecule has 1 unspecified atom stereocenters. The maximum Gasteiger partial charge on any atom is 0.153 e. The highest BCUT2D eigenvalue weighted by Gasteiger charge is 2.13. The minimum absolute atomic E-state index is 0.397. The van der Waals surface area contributed by atoms with Crippen molar-refractivity contribution in [2.45, 2.75) is 32.2 Å². The van der Waals surface area contributed by atoms with Gasteiger partial charge in [0.1, 0.15) is 0 Å². The number of nitrogens with zero attached hydrogens (tertiary/aromatic N) is 3. The van der Waals surface area contributed by atoms with Crippen LogP contribution >= 0.6 is 11.6 Å². The van der Waals surface area contributed by atoms with Crippen LogP contribution in [0.1, 0.15) is 26.2 Å². The lowest BCUT2D eigenvalue weighted by Crippen LogP contribution is -2.38. The first kappa shape index (κ1) is 12.6. The largest absolute Gasteiger partial charge is 0.380 e. The third-order valence-corrected chi connectivity index (χ3v) is 3.20. The molecule has 2 rings (SSSR count). The second-order valence-electron chi connectivity index (χ2n) is 4.67. The van der Waals surface area contributed by atoms with E-state index in [9.17, 15) is 0 Å². The van der Waals surface area contributed by atoms with Crippen molar-refractivity contribution < 1.29 is 0 Å². The van der Waals surface area contributed by atoms with Gasteiger partial charge in [0.15, 0.2) is 5.15 Å². The summed E-state index contributed by atoms with van der Waals surface area (Å²) >= 11 is 5.80. The van der Waals surface area contributed by atoms with E-state index in [0.717, 1.165) is 12.2 Å². The van der Waals surface area contributed by atoms with Crippen LogP contribution in [0.4, 0.5) is 5.69 Å². The molecule has 0 radical (unpaired) electrons. The van der Waals surface area contributed by atoms with Crippen molar-refractivity contribution in [2.75, 3.05) is 25.0 Å². The summed E-state index contributed by atoms with van der Waals surface area (Å²) in [7, 11) is 0. The average molecular weight is 255 g/mol. The van der Waals surface area contributed by atoms with E-state index in [1.54, 1.807) is 12.3 Å². The van der Waals surface area contributed by atoms with Crippen LogP contribution in [0.5, 0.6) is 0 Å². The van der Waals surface area contributed by atoms with Gasteiger partial charge >= 0.3 is 0 Å². The smallest absolute Gasteiger partial charge is 0.153 e. The Bertz CT molecular complexity index is 352. The van der Waals surface area contributed by atoms with Gasteiger partial charge in [0.2, 0.25) is 0 Å². The standard InChI is InChI=1S/C12H19ClN4/c1-10(9-17-5-3-2-4-6-17)15-11-7-12(13)16-14-8-11/h7-8,10H,2-6,9H2,1H3,(H,15,16). The molecule has 5 heteroatoms. The Morgan fingerprint density at radius 1 is 1.41 bits per heavy atom. The van der Waals surface area contributed by atoms with E-state index in [1.807, 2.05) is 0 Å². The van der Waals surface area contributed by atoms with Crippen LogP contribution in [0.25, 0.3) is 0 Å². The molecule has 1 aromatic heterocycles. The summed E-state index contributed by atoms with van der Waals surface area (Å²) in [6.45, 7) is 5.70. The summed E-state index contributed by atoms with van der Waals surface area (Å²) in [6, 6.07) is 2.20. The van der Waals surface area contributed by atoms with Gasteiger partial charge < -0.3 is 10.2 Å². The maximum absolute atomic E-state index is 5.80. The number of anilines is 1. The molecule has 0 saturated carbocycles. The monoisotopic (exact) mass is 254 g/mol. The van der Waals surface area contributed by atoms with Crippen LogP contribution in [-0.4, -0.2) is 40.8 Å². The fourth-order valence-corrected chi connectivity index (χ4v) is 2.44. The lowest BCUT2D eigenvalue weighted by molar-refractivity contribution is 0.223. The van der Waals surface area contributed by atoms with Crippen molar-refractivity contribution in [3.8, 4) is 0 Å². The number of aromatic nitrogens is 2. The van der Waals surface area contributed by atoms with Crippen molar-refractivity contribution in [2.24, 2.45) is 0 Å². The molecular formula is C12H19ClN4. The van der Waals surface area contributed by atoms with Gasteiger partial charge in [-0.25, -0.2) is 0 Å². The van der Waals surface area contributed by atoms with E-state index in [0.29, 0.717) is 11.2 Å². The maximum atomic E-state index is 5.80. The number of piperidine rings is 1. The Balaban J connectivity index is 1.82. The molecule has 4 nitrogen and oxygen atoms in total. The number of halogens is 1. The predicted molar refractivity (Wildman–Crippen MR) is 70.4 cm³/mol. The van der Waals surface area contributed by atoms with Gasteiger partial charge in [-0.3, -0.25) is 0 Å². The lowest BCUT2D eigenvalue weighted by Gasteiger charge is -2.29. The molecule has 1 aliphatic heterocycles. The summed E-state index contributed by atoms with van der Waals surface area (Å²) in [5, 5.41) is 11.4. The van der Waals surface area contributed by atoms with E-state index in [4.69, 9.17) is 11.6 Å². The minimum Gasteiger partial charge on any atom is -0.380 e.